The number of hydrogen-bond acceptors (Lipinski definition) is 2. The van der Waals surface area contributed by atoms with Gasteiger partial charge in [0.05, 0.1) is 0 Å². The zero-order valence-electron chi connectivity index (χ0n) is 26.6. The van der Waals surface area contributed by atoms with Crippen LogP contribution in [0.4, 0.5) is 17.1 Å². The predicted molar refractivity (Wildman–Crippen MR) is 210 cm³/mol. The van der Waals surface area contributed by atoms with E-state index in [1.54, 1.807) is 0 Å². The van der Waals surface area contributed by atoms with E-state index in [1.165, 1.54) is 21.9 Å². The van der Waals surface area contributed by atoms with Gasteiger partial charge in [-0.05, 0) is 105 Å². The summed E-state index contributed by atoms with van der Waals surface area (Å²) >= 11 is 3.81. The molecule has 3 heteroatoms. The summed E-state index contributed by atoms with van der Waals surface area (Å²) in [5, 5.41) is 4.64. The molecule has 8 aromatic carbocycles. The second-order valence-electron chi connectivity index (χ2n) is 12.3. The number of nitrogens with zero attached hydrogens (tertiary/aromatic N) is 1. The molecule has 49 heavy (non-hydrogen) atoms. The molecule has 1 heterocycles. The molecule has 0 fully saturated rings. The van der Waals surface area contributed by atoms with Crippen molar-refractivity contribution in [1.29, 1.82) is 0 Å². The van der Waals surface area contributed by atoms with Crippen LogP contribution in [0, 0.1) is 0 Å². The highest BCUT2D eigenvalue weighted by molar-refractivity contribution is 9.10. The third-order valence-corrected chi connectivity index (χ3v) is 9.73. The van der Waals surface area contributed by atoms with Gasteiger partial charge in [-0.25, -0.2) is 0 Å². The van der Waals surface area contributed by atoms with E-state index in [0.29, 0.717) is 0 Å². The molecule has 0 saturated heterocycles. The van der Waals surface area contributed by atoms with E-state index in [0.717, 1.165) is 65.7 Å². The summed E-state index contributed by atoms with van der Waals surface area (Å²) in [5.41, 5.74) is 12.1. The van der Waals surface area contributed by atoms with E-state index in [-0.39, 0.29) is 0 Å². The topological polar surface area (TPSA) is 16.4 Å². The Hall–Kier alpha value is -5.90. The monoisotopic (exact) mass is 691 g/mol. The maximum atomic E-state index is 6.38. The standard InChI is InChI=1S/C46H30BrNO/c47-38-28-36(27-37(29-38)42-15-9-16-44-43-14-7-8-17-45(43)49-46(42)44)34-18-19-35-30-41(25-22-33(35)26-34)48(39-12-5-2-6-13-39)40-23-20-32(21-24-40)31-10-3-1-4-11-31/h1-30H. The van der Waals surface area contributed by atoms with Crippen molar-refractivity contribution in [3.8, 4) is 33.4 Å². The minimum atomic E-state index is 0.907. The van der Waals surface area contributed by atoms with Gasteiger partial charge in [0.25, 0.3) is 0 Å². The molecule has 0 bridgehead atoms. The van der Waals surface area contributed by atoms with E-state index >= 15 is 0 Å². The first-order valence-electron chi connectivity index (χ1n) is 16.4. The molecule has 0 spiro atoms. The lowest BCUT2D eigenvalue weighted by Gasteiger charge is -2.26. The SMILES string of the molecule is Brc1cc(-c2ccc3cc(N(c4ccccc4)c4ccc(-c5ccccc5)cc4)ccc3c2)cc(-c2cccc3c2oc2ccccc23)c1. The lowest BCUT2D eigenvalue weighted by molar-refractivity contribution is 0.670. The number of rotatable bonds is 6. The molecular weight excluding hydrogens is 662 g/mol. The Bertz CT molecular complexity index is 2610. The van der Waals surface area contributed by atoms with E-state index in [2.05, 4.69) is 191 Å². The Morgan fingerprint density at radius 2 is 1.00 bits per heavy atom. The highest BCUT2D eigenvalue weighted by Crippen LogP contribution is 2.40. The quantitative estimate of drug-likeness (QED) is 0.172. The molecule has 2 nitrogen and oxygen atoms in total. The van der Waals surface area contributed by atoms with Crippen molar-refractivity contribution >= 4 is 65.7 Å². The van der Waals surface area contributed by atoms with Gasteiger partial charge in [0.15, 0.2) is 0 Å². The number of furan rings is 1. The molecule has 0 aliphatic carbocycles. The smallest absolute Gasteiger partial charge is 0.143 e. The third kappa shape index (κ3) is 5.48. The van der Waals surface area contributed by atoms with Crippen molar-refractivity contribution in [3.63, 3.8) is 0 Å². The van der Waals surface area contributed by atoms with Gasteiger partial charge < -0.3 is 9.32 Å². The number of benzene rings is 8. The zero-order valence-corrected chi connectivity index (χ0v) is 28.1. The molecule has 0 N–H and O–H groups in total. The maximum Gasteiger partial charge on any atom is 0.143 e. The van der Waals surface area contributed by atoms with Crippen LogP contribution in [-0.4, -0.2) is 0 Å². The lowest BCUT2D eigenvalue weighted by Crippen LogP contribution is -2.09. The first-order valence-corrected chi connectivity index (χ1v) is 17.2. The zero-order chi connectivity index (χ0) is 32.7. The molecule has 0 radical (unpaired) electrons. The Balaban J connectivity index is 1.09. The predicted octanol–water partition coefficient (Wildman–Crippen LogP) is 14.0. The van der Waals surface area contributed by atoms with Gasteiger partial charge in [-0.15, -0.1) is 0 Å². The Labute approximate surface area is 293 Å². The van der Waals surface area contributed by atoms with Crippen molar-refractivity contribution in [1.82, 2.24) is 0 Å². The highest BCUT2D eigenvalue weighted by atomic mass is 79.9. The summed E-state index contributed by atoms with van der Waals surface area (Å²) in [7, 11) is 0. The van der Waals surface area contributed by atoms with Crippen LogP contribution in [0.25, 0.3) is 66.1 Å². The molecule has 9 rings (SSSR count). The minimum Gasteiger partial charge on any atom is -0.455 e. The van der Waals surface area contributed by atoms with E-state index < -0.39 is 0 Å². The van der Waals surface area contributed by atoms with Crippen molar-refractivity contribution in [2.24, 2.45) is 0 Å². The average molecular weight is 693 g/mol. The van der Waals surface area contributed by atoms with Crippen LogP contribution < -0.4 is 4.90 Å². The van der Waals surface area contributed by atoms with E-state index in [4.69, 9.17) is 4.42 Å². The van der Waals surface area contributed by atoms with Crippen LogP contribution in [0.3, 0.4) is 0 Å². The number of anilines is 3. The average Bonchev–Trinajstić information content (AvgIpc) is 3.55. The Kier molecular flexibility index (Phi) is 7.33. The van der Waals surface area contributed by atoms with Gasteiger partial charge in [0.1, 0.15) is 11.2 Å². The van der Waals surface area contributed by atoms with Crippen LogP contribution >= 0.6 is 15.9 Å². The first kappa shape index (κ1) is 29.3. The third-order valence-electron chi connectivity index (χ3n) is 9.28. The number of fused-ring (bicyclic) bond motifs is 4. The van der Waals surface area contributed by atoms with Gasteiger partial charge >= 0.3 is 0 Å². The Morgan fingerprint density at radius 3 is 1.84 bits per heavy atom. The Morgan fingerprint density at radius 1 is 0.388 bits per heavy atom. The number of halogens is 1. The fourth-order valence-electron chi connectivity index (χ4n) is 6.90. The first-order chi connectivity index (χ1) is 24.2. The molecule has 9 aromatic rings. The summed E-state index contributed by atoms with van der Waals surface area (Å²) in [6.45, 7) is 0. The summed E-state index contributed by atoms with van der Waals surface area (Å²) < 4.78 is 7.41. The lowest BCUT2D eigenvalue weighted by atomic mass is 9.96. The molecule has 0 atom stereocenters. The maximum absolute atomic E-state index is 6.38. The van der Waals surface area contributed by atoms with Gasteiger partial charge in [-0.1, -0.05) is 131 Å². The molecule has 1 aromatic heterocycles. The number of para-hydroxylation sites is 3. The summed E-state index contributed by atoms with van der Waals surface area (Å²) in [4.78, 5) is 2.32. The van der Waals surface area contributed by atoms with Crippen molar-refractivity contribution < 1.29 is 4.42 Å². The fourth-order valence-corrected chi connectivity index (χ4v) is 7.39. The highest BCUT2D eigenvalue weighted by Gasteiger charge is 2.15. The minimum absolute atomic E-state index is 0.907. The fraction of sp³-hybridized carbons (Fsp3) is 0. The molecule has 0 saturated carbocycles. The second-order valence-corrected chi connectivity index (χ2v) is 13.3. The van der Waals surface area contributed by atoms with Crippen LogP contribution in [-0.2, 0) is 0 Å². The summed E-state index contributed by atoms with van der Waals surface area (Å²) in [5.74, 6) is 0. The molecule has 232 valence electrons. The van der Waals surface area contributed by atoms with Crippen LogP contribution in [0.1, 0.15) is 0 Å². The normalized spacial score (nSPS) is 11.4. The van der Waals surface area contributed by atoms with E-state index in [1.807, 2.05) is 12.1 Å². The second kappa shape index (κ2) is 12.3. The van der Waals surface area contributed by atoms with Crippen molar-refractivity contribution in [2.75, 3.05) is 4.90 Å². The van der Waals surface area contributed by atoms with Gasteiger partial charge in [-0.2, -0.15) is 0 Å². The molecule has 0 amide bonds. The van der Waals surface area contributed by atoms with Crippen molar-refractivity contribution in [3.05, 3.63) is 186 Å². The largest absolute Gasteiger partial charge is 0.455 e. The van der Waals surface area contributed by atoms with Gasteiger partial charge in [0, 0.05) is 37.9 Å². The van der Waals surface area contributed by atoms with E-state index in [9.17, 15) is 0 Å². The molecule has 0 aliphatic rings. The van der Waals surface area contributed by atoms with Crippen LogP contribution in [0.5, 0.6) is 0 Å². The molecular formula is C46H30BrNO. The van der Waals surface area contributed by atoms with Crippen LogP contribution in [0.15, 0.2) is 191 Å². The summed E-state index contributed by atoms with van der Waals surface area (Å²) in [6.07, 6.45) is 0. The van der Waals surface area contributed by atoms with Crippen molar-refractivity contribution in [2.45, 2.75) is 0 Å². The molecule has 0 unspecified atom stereocenters. The van der Waals surface area contributed by atoms with Crippen LogP contribution in [0.2, 0.25) is 0 Å². The number of hydrogen-bond donors (Lipinski definition) is 0. The van der Waals surface area contributed by atoms with Gasteiger partial charge in [-0.3, -0.25) is 0 Å². The summed E-state index contributed by atoms with van der Waals surface area (Å²) in [6, 6.07) is 64.6. The van der Waals surface area contributed by atoms with Gasteiger partial charge in [0.2, 0.25) is 0 Å². The molecule has 0 aliphatic heterocycles.